The highest BCUT2D eigenvalue weighted by Gasteiger charge is 2.24. The van der Waals surface area contributed by atoms with Crippen molar-refractivity contribution in [1.29, 1.82) is 0 Å². The SMILES string of the molecule is Cc1occc1C(=O)NC1CCN(C(=O)Cc2ccc(N)cc2)CC1.Cl. The Morgan fingerprint density at radius 1 is 1.19 bits per heavy atom. The van der Waals surface area contributed by atoms with E-state index in [0.717, 1.165) is 18.4 Å². The van der Waals surface area contributed by atoms with Gasteiger partial charge in [-0.2, -0.15) is 0 Å². The van der Waals surface area contributed by atoms with E-state index in [0.29, 0.717) is 36.5 Å². The first-order valence-electron chi connectivity index (χ1n) is 8.50. The fourth-order valence-electron chi connectivity index (χ4n) is 3.08. The Morgan fingerprint density at radius 2 is 1.85 bits per heavy atom. The molecule has 1 aromatic heterocycles. The number of carbonyl (C=O) groups is 2. The van der Waals surface area contributed by atoms with Gasteiger partial charge in [0.25, 0.3) is 5.91 Å². The number of halogens is 1. The Kier molecular flexibility index (Phi) is 6.69. The molecule has 1 aliphatic rings. The van der Waals surface area contributed by atoms with E-state index in [9.17, 15) is 9.59 Å². The molecule has 0 saturated carbocycles. The van der Waals surface area contributed by atoms with Gasteiger partial charge in [0.2, 0.25) is 5.91 Å². The Labute approximate surface area is 159 Å². The zero-order valence-corrected chi connectivity index (χ0v) is 15.6. The number of furan rings is 1. The molecule has 140 valence electrons. The molecule has 0 spiro atoms. The van der Waals surface area contributed by atoms with Gasteiger partial charge in [-0.15, -0.1) is 12.4 Å². The van der Waals surface area contributed by atoms with Crippen LogP contribution >= 0.6 is 12.4 Å². The lowest BCUT2D eigenvalue weighted by atomic mass is 10.0. The van der Waals surface area contributed by atoms with Crippen molar-refractivity contribution in [3.05, 3.63) is 53.5 Å². The number of hydrogen-bond donors (Lipinski definition) is 2. The maximum atomic E-state index is 12.4. The van der Waals surface area contributed by atoms with E-state index in [4.69, 9.17) is 10.2 Å². The van der Waals surface area contributed by atoms with Crippen LogP contribution in [0.3, 0.4) is 0 Å². The predicted molar refractivity (Wildman–Crippen MR) is 102 cm³/mol. The molecular formula is C19H24ClN3O3. The van der Waals surface area contributed by atoms with Crippen molar-refractivity contribution >= 4 is 29.9 Å². The van der Waals surface area contributed by atoms with Crippen LogP contribution in [0, 0.1) is 6.92 Å². The van der Waals surface area contributed by atoms with E-state index in [1.165, 1.54) is 6.26 Å². The Bertz CT molecular complexity index is 750. The number of nitrogens with two attached hydrogens (primary N) is 1. The van der Waals surface area contributed by atoms with Crippen LogP contribution in [0.25, 0.3) is 0 Å². The molecule has 1 aliphatic heterocycles. The lowest BCUT2D eigenvalue weighted by Gasteiger charge is -2.32. The number of benzene rings is 1. The number of nitrogens with one attached hydrogen (secondary N) is 1. The number of likely N-dealkylation sites (tertiary alicyclic amines) is 1. The summed E-state index contributed by atoms with van der Waals surface area (Å²) in [6.07, 6.45) is 3.42. The minimum absolute atomic E-state index is 0. The van der Waals surface area contributed by atoms with Gasteiger partial charge in [-0.05, 0) is 43.5 Å². The molecule has 7 heteroatoms. The minimum Gasteiger partial charge on any atom is -0.469 e. The van der Waals surface area contributed by atoms with Gasteiger partial charge in [-0.1, -0.05) is 12.1 Å². The molecule has 0 radical (unpaired) electrons. The summed E-state index contributed by atoms with van der Waals surface area (Å²) in [4.78, 5) is 26.5. The second kappa shape index (κ2) is 8.76. The lowest BCUT2D eigenvalue weighted by Crippen LogP contribution is -2.47. The Hall–Kier alpha value is -2.47. The van der Waals surface area contributed by atoms with Crippen LogP contribution in [0.5, 0.6) is 0 Å². The van der Waals surface area contributed by atoms with E-state index in [2.05, 4.69) is 5.32 Å². The molecule has 0 bridgehead atoms. The summed E-state index contributed by atoms with van der Waals surface area (Å²) >= 11 is 0. The van der Waals surface area contributed by atoms with Gasteiger partial charge < -0.3 is 20.4 Å². The van der Waals surface area contributed by atoms with Crippen molar-refractivity contribution in [2.75, 3.05) is 18.8 Å². The smallest absolute Gasteiger partial charge is 0.255 e. The number of amides is 2. The number of nitrogen functional groups attached to an aromatic ring is 1. The van der Waals surface area contributed by atoms with Crippen LogP contribution in [0.4, 0.5) is 5.69 Å². The van der Waals surface area contributed by atoms with Crippen molar-refractivity contribution in [1.82, 2.24) is 10.2 Å². The summed E-state index contributed by atoms with van der Waals surface area (Å²) in [6, 6.07) is 9.14. The van der Waals surface area contributed by atoms with Gasteiger partial charge in [0.1, 0.15) is 5.76 Å². The highest BCUT2D eigenvalue weighted by molar-refractivity contribution is 5.95. The summed E-state index contributed by atoms with van der Waals surface area (Å²) in [6.45, 7) is 3.08. The van der Waals surface area contributed by atoms with Crippen LogP contribution < -0.4 is 11.1 Å². The van der Waals surface area contributed by atoms with Crippen LogP contribution in [0.2, 0.25) is 0 Å². The van der Waals surface area contributed by atoms with Crippen molar-refractivity contribution in [3.63, 3.8) is 0 Å². The van der Waals surface area contributed by atoms with Gasteiger partial charge in [0, 0.05) is 24.8 Å². The summed E-state index contributed by atoms with van der Waals surface area (Å²) in [5, 5.41) is 3.03. The number of hydrogen-bond acceptors (Lipinski definition) is 4. The standard InChI is InChI=1S/C19H23N3O3.ClH/c1-13-17(8-11-25-13)19(24)21-16-6-9-22(10-7-16)18(23)12-14-2-4-15(20)5-3-14;/h2-5,8,11,16H,6-7,9-10,12,20H2,1H3,(H,21,24);1H. The minimum atomic E-state index is -0.113. The first-order chi connectivity index (χ1) is 12.0. The molecule has 2 heterocycles. The van der Waals surface area contributed by atoms with Crippen LogP contribution in [0.15, 0.2) is 41.0 Å². The molecule has 0 atom stereocenters. The van der Waals surface area contributed by atoms with Crippen molar-refractivity contribution in [2.45, 2.75) is 32.2 Å². The zero-order valence-electron chi connectivity index (χ0n) is 14.7. The zero-order chi connectivity index (χ0) is 17.8. The molecule has 26 heavy (non-hydrogen) atoms. The van der Waals surface area contributed by atoms with Crippen molar-refractivity contribution < 1.29 is 14.0 Å². The third kappa shape index (κ3) is 4.79. The molecule has 1 saturated heterocycles. The quantitative estimate of drug-likeness (QED) is 0.801. The third-order valence-corrected chi connectivity index (χ3v) is 4.62. The van der Waals surface area contributed by atoms with Gasteiger partial charge in [0.15, 0.2) is 0 Å². The summed E-state index contributed by atoms with van der Waals surface area (Å²) in [5.41, 5.74) is 7.89. The molecule has 2 amide bonds. The maximum absolute atomic E-state index is 12.4. The van der Waals surface area contributed by atoms with E-state index in [1.807, 2.05) is 29.2 Å². The molecule has 0 aliphatic carbocycles. The fraction of sp³-hybridized carbons (Fsp3) is 0.368. The topological polar surface area (TPSA) is 88.6 Å². The van der Waals surface area contributed by atoms with E-state index >= 15 is 0 Å². The normalized spacial score (nSPS) is 14.6. The van der Waals surface area contributed by atoms with Crippen LogP contribution in [-0.4, -0.2) is 35.8 Å². The molecule has 3 rings (SSSR count). The van der Waals surface area contributed by atoms with Crippen LogP contribution in [-0.2, 0) is 11.2 Å². The fourth-order valence-corrected chi connectivity index (χ4v) is 3.08. The van der Waals surface area contributed by atoms with Gasteiger partial charge in [-0.3, -0.25) is 9.59 Å². The average Bonchev–Trinajstić information content (AvgIpc) is 3.04. The molecule has 0 unspecified atom stereocenters. The predicted octanol–water partition coefficient (Wildman–Crippen LogP) is 2.56. The second-order valence-electron chi connectivity index (χ2n) is 6.44. The monoisotopic (exact) mass is 377 g/mol. The molecule has 6 nitrogen and oxygen atoms in total. The van der Waals surface area contributed by atoms with Crippen molar-refractivity contribution in [2.24, 2.45) is 0 Å². The largest absolute Gasteiger partial charge is 0.469 e. The highest BCUT2D eigenvalue weighted by Crippen LogP contribution is 2.15. The van der Waals surface area contributed by atoms with E-state index in [-0.39, 0.29) is 30.3 Å². The maximum Gasteiger partial charge on any atom is 0.255 e. The first kappa shape index (κ1) is 19.8. The summed E-state index contributed by atoms with van der Waals surface area (Å²) in [5.74, 6) is 0.617. The molecule has 1 aromatic carbocycles. The van der Waals surface area contributed by atoms with Crippen LogP contribution in [0.1, 0.15) is 34.5 Å². The second-order valence-corrected chi connectivity index (χ2v) is 6.44. The average molecular weight is 378 g/mol. The Morgan fingerprint density at radius 3 is 2.42 bits per heavy atom. The van der Waals surface area contributed by atoms with Gasteiger partial charge >= 0.3 is 0 Å². The first-order valence-corrected chi connectivity index (χ1v) is 8.50. The summed E-state index contributed by atoms with van der Waals surface area (Å²) < 4.78 is 5.17. The number of carbonyl (C=O) groups excluding carboxylic acids is 2. The number of rotatable bonds is 4. The molecule has 2 aromatic rings. The number of piperidine rings is 1. The summed E-state index contributed by atoms with van der Waals surface area (Å²) in [7, 11) is 0. The number of nitrogens with zero attached hydrogens (tertiary/aromatic N) is 1. The third-order valence-electron chi connectivity index (χ3n) is 4.62. The van der Waals surface area contributed by atoms with Crippen molar-refractivity contribution in [3.8, 4) is 0 Å². The molecule has 3 N–H and O–H groups in total. The molecule has 1 fully saturated rings. The Balaban J connectivity index is 0.00000243. The highest BCUT2D eigenvalue weighted by atomic mass is 35.5. The van der Waals surface area contributed by atoms with E-state index < -0.39 is 0 Å². The number of anilines is 1. The molecular weight excluding hydrogens is 354 g/mol. The van der Waals surface area contributed by atoms with Gasteiger partial charge in [0.05, 0.1) is 18.2 Å². The lowest BCUT2D eigenvalue weighted by molar-refractivity contribution is -0.131. The van der Waals surface area contributed by atoms with E-state index in [1.54, 1.807) is 13.0 Å². The number of aryl methyl sites for hydroxylation is 1. The van der Waals surface area contributed by atoms with Gasteiger partial charge in [-0.25, -0.2) is 0 Å².